The van der Waals surface area contributed by atoms with Crippen molar-refractivity contribution in [3.63, 3.8) is 0 Å². The van der Waals surface area contributed by atoms with Crippen LogP contribution in [0.5, 0.6) is 0 Å². The second kappa shape index (κ2) is 6.75. The van der Waals surface area contributed by atoms with Crippen LogP contribution in [0.25, 0.3) is 0 Å². The minimum absolute atomic E-state index is 0.0256. The van der Waals surface area contributed by atoms with Gasteiger partial charge in [0, 0.05) is 5.69 Å². The molecule has 3 nitrogen and oxygen atoms in total. The Morgan fingerprint density at radius 1 is 1.19 bits per heavy atom. The molecule has 136 valence electrons. The molecule has 2 aromatic rings. The molecule has 2 N–H and O–H groups in total. The topological polar surface area (TPSA) is 49.3 Å². The number of rotatable bonds is 3. The molecule has 0 saturated heterocycles. The Balaban J connectivity index is 1.75. The summed E-state index contributed by atoms with van der Waals surface area (Å²) in [5.41, 5.74) is 4.46. The fourth-order valence-corrected chi connectivity index (χ4v) is 4.72. The molecule has 0 spiro atoms. The number of benzene rings is 2. The lowest BCUT2D eigenvalue weighted by Crippen LogP contribution is -2.34. The second-order valence-corrected chi connectivity index (χ2v) is 7.50. The number of carbonyl (C=O) groups is 1. The highest BCUT2D eigenvalue weighted by Crippen LogP contribution is 2.51. The molecule has 0 amide bonds. The van der Waals surface area contributed by atoms with Crippen molar-refractivity contribution in [2.75, 3.05) is 5.32 Å². The maximum Gasteiger partial charge on any atom is 0.338 e. The van der Waals surface area contributed by atoms with E-state index in [4.69, 9.17) is 5.11 Å². The molecule has 0 radical (unpaired) electrons. The van der Waals surface area contributed by atoms with E-state index in [1.54, 1.807) is 6.07 Å². The summed E-state index contributed by atoms with van der Waals surface area (Å²) in [6.45, 7) is 2.17. The molecule has 1 aliphatic heterocycles. The summed E-state index contributed by atoms with van der Waals surface area (Å²) in [4.78, 5) is 11.1. The van der Waals surface area contributed by atoms with Crippen molar-refractivity contribution in [1.82, 2.24) is 0 Å². The van der Waals surface area contributed by atoms with E-state index in [2.05, 4.69) is 30.4 Å². The van der Waals surface area contributed by atoms with Crippen LogP contribution < -0.4 is 5.32 Å². The van der Waals surface area contributed by atoms with Crippen LogP contribution in [0.1, 0.15) is 71.6 Å². The molecule has 3 atom stereocenters. The Labute approximate surface area is 153 Å². The first-order chi connectivity index (χ1) is 12.6. The summed E-state index contributed by atoms with van der Waals surface area (Å²) >= 11 is 0. The van der Waals surface area contributed by atoms with Crippen molar-refractivity contribution in [3.8, 4) is 0 Å². The van der Waals surface area contributed by atoms with Gasteiger partial charge in [0.05, 0.1) is 11.6 Å². The number of hydrogen-bond donors (Lipinski definition) is 2. The van der Waals surface area contributed by atoms with E-state index in [0.29, 0.717) is 11.8 Å². The molecule has 4 heteroatoms. The first-order valence-electron chi connectivity index (χ1n) is 9.50. The lowest BCUT2D eigenvalue weighted by Gasteiger charge is -2.44. The summed E-state index contributed by atoms with van der Waals surface area (Å²) in [6, 6.07) is 11.2. The highest BCUT2D eigenvalue weighted by molar-refractivity contribution is 5.88. The van der Waals surface area contributed by atoms with E-state index in [-0.39, 0.29) is 11.6 Å². The monoisotopic (exact) mass is 353 g/mol. The molecule has 0 bridgehead atoms. The van der Waals surface area contributed by atoms with Crippen LogP contribution in [0.2, 0.25) is 0 Å². The minimum Gasteiger partial charge on any atom is -0.478 e. The van der Waals surface area contributed by atoms with E-state index in [9.17, 15) is 9.18 Å². The quantitative estimate of drug-likeness (QED) is 0.763. The third-order valence-electron chi connectivity index (χ3n) is 6.06. The third-order valence-corrected chi connectivity index (χ3v) is 6.06. The summed E-state index contributed by atoms with van der Waals surface area (Å²) < 4.78 is 14.3. The zero-order chi connectivity index (χ0) is 18.3. The minimum atomic E-state index is -1.22. The molecular weight excluding hydrogens is 329 g/mol. The SMILES string of the molecule is CCc1ccc2c(c1)[C@@H]1CCCC[C@@H]1[C@@H](c1ccc(C(=O)O)c(F)c1)N2. The molecule has 4 rings (SSSR count). The number of halogens is 1. The van der Waals surface area contributed by atoms with E-state index < -0.39 is 11.8 Å². The van der Waals surface area contributed by atoms with Crippen molar-refractivity contribution in [2.24, 2.45) is 5.92 Å². The van der Waals surface area contributed by atoms with Crippen LogP contribution in [0, 0.1) is 11.7 Å². The number of aromatic carboxylic acids is 1. The Morgan fingerprint density at radius 2 is 2.00 bits per heavy atom. The van der Waals surface area contributed by atoms with Crippen LogP contribution in [0.15, 0.2) is 36.4 Å². The van der Waals surface area contributed by atoms with Crippen LogP contribution >= 0.6 is 0 Å². The normalized spacial score (nSPS) is 24.3. The number of carboxylic acids is 1. The van der Waals surface area contributed by atoms with Gasteiger partial charge in [0.15, 0.2) is 0 Å². The molecule has 0 unspecified atom stereocenters. The Kier molecular flexibility index (Phi) is 4.43. The van der Waals surface area contributed by atoms with Crippen molar-refractivity contribution in [2.45, 2.75) is 51.0 Å². The maximum atomic E-state index is 14.3. The zero-order valence-corrected chi connectivity index (χ0v) is 15.0. The van der Waals surface area contributed by atoms with E-state index in [1.165, 1.54) is 42.5 Å². The van der Waals surface area contributed by atoms with Gasteiger partial charge in [-0.25, -0.2) is 9.18 Å². The van der Waals surface area contributed by atoms with E-state index in [1.807, 2.05) is 0 Å². The van der Waals surface area contributed by atoms with Crippen molar-refractivity contribution in [1.29, 1.82) is 0 Å². The lowest BCUT2D eigenvalue weighted by atomic mass is 9.68. The summed E-state index contributed by atoms with van der Waals surface area (Å²) in [5.74, 6) is -0.980. The molecule has 1 fully saturated rings. The Morgan fingerprint density at radius 3 is 2.73 bits per heavy atom. The summed E-state index contributed by atoms with van der Waals surface area (Å²) in [5, 5.41) is 12.7. The lowest BCUT2D eigenvalue weighted by molar-refractivity contribution is 0.0692. The van der Waals surface area contributed by atoms with Gasteiger partial charge in [-0.05, 0) is 66.0 Å². The van der Waals surface area contributed by atoms with Crippen molar-refractivity contribution >= 4 is 11.7 Å². The molecule has 26 heavy (non-hydrogen) atoms. The second-order valence-electron chi connectivity index (χ2n) is 7.50. The molecule has 1 saturated carbocycles. The van der Waals surface area contributed by atoms with Gasteiger partial charge < -0.3 is 10.4 Å². The number of anilines is 1. The van der Waals surface area contributed by atoms with Gasteiger partial charge >= 0.3 is 5.97 Å². The smallest absolute Gasteiger partial charge is 0.338 e. The molecule has 2 aromatic carbocycles. The molecule has 0 aromatic heterocycles. The van der Waals surface area contributed by atoms with Crippen LogP contribution in [0.4, 0.5) is 10.1 Å². The summed E-state index contributed by atoms with van der Waals surface area (Å²) in [6.07, 6.45) is 5.73. The van der Waals surface area contributed by atoms with Gasteiger partial charge in [-0.3, -0.25) is 0 Å². The predicted molar refractivity (Wildman–Crippen MR) is 100 cm³/mol. The largest absolute Gasteiger partial charge is 0.478 e. The number of fused-ring (bicyclic) bond motifs is 3. The number of nitrogens with one attached hydrogen (secondary N) is 1. The Hall–Kier alpha value is -2.36. The van der Waals surface area contributed by atoms with E-state index in [0.717, 1.165) is 24.1 Å². The number of hydrogen-bond acceptors (Lipinski definition) is 2. The fourth-order valence-electron chi connectivity index (χ4n) is 4.72. The first-order valence-corrected chi connectivity index (χ1v) is 9.50. The average molecular weight is 353 g/mol. The van der Waals surface area contributed by atoms with Gasteiger partial charge in [0.1, 0.15) is 5.82 Å². The fraction of sp³-hybridized carbons (Fsp3) is 0.409. The average Bonchev–Trinajstić information content (AvgIpc) is 2.66. The standard InChI is InChI=1S/C22H24FNO2/c1-2-13-7-10-20-18(11-13)15-5-3-4-6-16(15)21(24-20)14-8-9-17(22(25)26)19(23)12-14/h7-12,15-16,21,24H,2-6H2,1H3,(H,25,26)/t15-,16+,21-/m1/s1. The number of carboxylic acid groups (broad SMARTS) is 1. The number of aryl methyl sites for hydroxylation is 1. The van der Waals surface area contributed by atoms with Crippen LogP contribution in [-0.4, -0.2) is 11.1 Å². The van der Waals surface area contributed by atoms with Crippen LogP contribution in [-0.2, 0) is 6.42 Å². The van der Waals surface area contributed by atoms with Gasteiger partial charge in [0.25, 0.3) is 0 Å². The zero-order valence-electron chi connectivity index (χ0n) is 15.0. The maximum absolute atomic E-state index is 14.3. The molecule has 2 aliphatic rings. The van der Waals surface area contributed by atoms with Crippen molar-refractivity contribution < 1.29 is 14.3 Å². The predicted octanol–water partition coefficient (Wildman–Crippen LogP) is 5.53. The summed E-state index contributed by atoms with van der Waals surface area (Å²) in [7, 11) is 0. The first kappa shape index (κ1) is 17.1. The van der Waals surface area contributed by atoms with Gasteiger partial charge in [0.2, 0.25) is 0 Å². The van der Waals surface area contributed by atoms with Crippen molar-refractivity contribution in [3.05, 3.63) is 64.5 Å². The highest BCUT2D eigenvalue weighted by atomic mass is 19.1. The van der Waals surface area contributed by atoms with Gasteiger partial charge in [-0.15, -0.1) is 0 Å². The van der Waals surface area contributed by atoms with Gasteiger partial charge in [-0.2, -0.15) is 0 Å². The van der Waals surface area contributed by atoms with Gasteiger partial charge in [-0.1, -0.05) is 38.0 Å². The molecule has 1 aliphatic carbocycles. The van der Waals surface area contributed by atoms with Crippen LogP contribution in [0.3, 0.4) is 0 Å². The van der Waals surface area contributed by atoms with E-state index >= 15 is 0 Å². The Bertz CT molecular complexity index is 848. The highest BCUT2D eigenvalue weighted by Gasteiger charge is 2.39. The molecule has 1 heterocycles. The third kappa shape index (κ3) is 2.87. The molecular formula is C22H24FNO2.